The Morgan fingerprint density at radius 1 is 0.906 bits per heavy atom. The zero-order chi connectivity index (χ0) is 23.7. The van der Waals surface area contributed by atoms with Crippen molar-refractivity contribution in [3.05, 3.63) is 0 Å². The first-order chi connectivity index (χ1) is 15.2. The highest BCUT2D eigenvalue weighted by Gasteiger charge is 2.42. The molecule has 1 N–H and O–H groups in total. The lowest BCUT2D eigenvalue weighted by Gasteiger charge is -2.47. The maximum Gasteiger partial charge on any atom is 0.309 e. The van der Waals surface area contributed by atoms with Crippen LogP contribution >= 0.6 is 0 Å². The molecule has 0 aromatic rings. The van der Waals surface area contributed by atoms with Gasteiger partial charge >= 0.3 is 11.9 Å². The summed E-state index contributed by atoms with van der Waals surface area (Å²) >= 11 is 0. The van der Waals surface area contributed by atoms with E-state index in [1.54, 1.807) is 0 Å². The molecule has 0 radical (unpaired) electrons. The Kier molecular flexibility index (Phi) is 11.0. The maximum atomic E-state index is 12.8. The third-order valence-electron chi connectivity index (χ3n) is 8.61. The van der Waals surface area contributed by atoms with Crippen molar-refractivity contribution in [2.75, 3.05) is 6.61 Å². The van der Waals surface area contributed by atoms with Crippen molar-refractivity contribution in [3.63, 3.8) is 0 Å². The molecule has 0 heterocycles. The van der Waals surface area contributed by atoms with Crippen molar-refractivity contribution in [2.24, 2.45) is 40.9 Å². The molecule has 2 saturated carbocycles. The van der Waals surface area contributed by atoms with Crippen molar-refractivity contribution >= 4 is 11.9 Å². The quantitative estimate of drug-likeness (QED) is 0.261. The van der Waals surface area contributed by atoms with E-state index in [0.717, 1.165) is 25.2 Å². The predicted octanol–water partition coefficient (Wildman–Crippen LogP) is 7.50. The normalized spacial score (nSPS) is 31.3. The second-order valence-corrected chi connectivity index (χ2v) is 11.9. The predicted molar refractivity (Wildman–Crippen MR) is 130 cm³/mol. The van der Waals surface area contributed by atoms with Gasteiger partial charge in [0.2, 0.25) is 0 Å². The highest BCUT2D eigenvalue weighted by atomic mass is 16.5. The fraction of sp³-hybridized carbons (Fsp3) is 0.929. The number of hydrogen-bond acceptors (Lipinski definition) is 3. The van der Waals surface area contributed by atoms with E-state index in [4.69, 9.17) is 4.74 Å². The number of hydrogen-bond donors (Lipinski definition) is 1. The lowest BCUT2D eigenvalue weighted by atomic mass is 9.59. The Labute approximate surface area is 197 Å². The van der Waals surface area contributed by atoms with E-state index in [9.17, 15) is 14.7 Å². The van der Waals surface area contributed by atoms with Crippen LogP contribution in [0.15, 0.2) is 0 Å². The first-order valence-corrected chi connectivity index (χ1v) is 13.6. The summed E-state index contributed by atoms with van der Waals surface area (Å²) in [6, 6.07) is 0. The summed E-state index contributed by atoms with van der Waals surface area (Å²) < 4.78 is 5.81. The lowest BCUT2D eigenvalue weighted by molar-refractivity contribution is -0.162. The number of esters is 1. The number of ether oxygens (including phenoxy) is 1. The van der Waals surface area contributed by atoms with Crippen LogP contribution in [0.25, 0.3) is 0 Å². The van der Waals surface area contributed by atoms with Gasteiger partial charge in [0, 0.05) is 0 Å². The van der Waals surface area contributed by atoms with Crippen LogP contribution in [0.2, 0.25) is 0 Å². The minimum Gasteiger partial charge on any atom is -0.481 e. The van der Waals surface area contributed by atoms with Gasteiger partial charge in [-0.2, -0.15) is 0 Å². The number of carbonyl (C=O) groups excluding carboxylic acids is 1. The minimum atomic E-state index is -0.843. The highest BCUT2D eigenvalue weighted by Crippen LogP contribution is 2.49. The molecule has 186 valence electrons. The smallest absolute Gasteiger partial charge is 0.309 e. The van der Waals surface area contributed by atoms with Gasteiger partial charge in [-0.15, -0.1) is 0 Å². The minimum absolute atomic E-state index is 0.269. The summed E-state index contributed by atoms with van der Waals surface area (Å²) in [4.78, 5) is 24.4. The molecule has 2 rings (SSSR count). The summed E-state index contributed by atoms with van der Waals surface area (Å²) in [6.45, 7) is 12.3. The van der Waals surface area contributed by atoms with Gasteiger partial charge in [0.25, 0.3) is 0 Å². The molecule has 2 fully saturated rings. The van der Waals surface area contributed by atoms with E-state index in [1.165, 1.54) is 51.4 Å². The first-order valence-electron chi connectivity index (χ1n) is 13.6. The lowest BCUT2D eigenvalue weighted by Crippen LogP contribution is -2.41. The van der Waals surface area contributed by atoms with Crippen LogP contribution in [0, 0.1) is 40.9 Å². The molecule has 4 heteroatoms. The van der Waals surface area contributed by atoms with Crippen molar-refractivity contribution < 1.29 is 19.4 Å². The first kappa shape index (κ1) is 27.2. The molecule has 2 aliphatic rings. The van der Waals surface area contributed by atoms with Gasteiger partial charge in [-0.1, -0.05) is 86.0 Å². The molecule has 0 spiro atoms. The number of rotatable bonds is 11. The van der Waals surface area contributed by atoms with E-state index >= 15 is 0 Å². The van der Waals surface area contributed by atoms with Gasteiger partial charge in [0.05, 0.1) is 18.4 Å². The Morgan fingerprint density at radius 3 is 2.16 bits per heavy atom. The summed E-state index contributed by atoms with van der Waals surface area (Å²) in [7, 11) is 0. The van der Waals surface area contributed by atoms with Crippen LogP contribution in [0.4, 0.5) is 0 Å². The van der Waals surface area contributed by atoms with E-state index in [-0.39, 0.29) is 5.97 Å². The molecule has 6 atom stereocenters. The van der Waals surface area contributed by atoms with E-state index in [0.29, 0.717) is 42.6 Å². The van der Waals surface area contributed by atoms with Crippen LogP contribution in [0.3, 0.4) is 0 Å². The van der Waals surface area contributed by atoms with Crippen molar-refractivity contribution in [1.82, 2.24) is 0 Å². The molecule has 32 heavy (non-hydrogen) atoms. The van der Waals surface area contributed by atoms with E-state index < -0.39 is 17.8 Å². The highest BCUT2D eigenvalue weighted by molar-refractivity contribution is 5.81. The molecular formula is C28H50O4. The van der Waals surface area contributed by atoms with Gasteiger partial charge < -0.3 is 9.84 Å². The van der Waals surface area contributed by atoms with Crippen LogP contribution in [-0.4, -0.2) is 23.7 Å². The Hall–Kier alpha value is -1.06. The second kappa shape index (κ2) is 13.0. The topological polar surface area (TPSA) is 63.6 Å². The Morgan fingerprint density at radius 2 is 1.53 bits per heavy atom. The van der Waals surface area contributed by atoms with Crippen molar-refractivity contribution in [2.45, 2.75) is 118 Å². The molecule has 0 aromatic carbocycles. The van der Waals surface area contributed by atoms with Gasteiger partial charge in [-0.3, -0.25) is 9.59 Å². The van der Waals surface area contributed by atoms with E-state index in [2.05, 4.69) is 34.6 Å². The monoisotopic (exact) mass is 450 g/mol. The van der Waals surface area contributed by atoms with Gasteiger partial charge in [-0.25, -0.2) is 0 Å². The van der Waals surface area contributed by atoms with Crippen molar-refractivity contribution in [1.29, 1.82) is 0 Å². The molecule has 0 aliphatic heterocycles. The third-order valence-corrected chi connectivity index (χ3v) is 8.61. The number of carboxylic acid groups (broad SMARTS) is 1. The SMILES string of the molecule is CCCCCCCCC1C(C)C(COC(=O)C2CCCCC2C(=O)O)CCC1C(C)(C)C. The fourth-order valence-electron chi connectivity index (χ4n) is 6.53. The van der Waals surface area contributed by atoms with Gasteiger partial charge in [0.1, 0.15) is 0 Å². The Bertz CT molecular complexity index is 578. The van der Waals surface area contributed by atoms with Crippen LogP contribution in [0.5, 0.6) is 0 Å². The standard InChI is InChI=1S/C28H50O4/c1-6-7-8-9-10-11-14-22-20(2)21(17-18-25(22)28(3,4)5)19-32-27(31)24-16-13-12-15-23(24)26(29)30/h20-25H,6-19H2,1-5H3,(H,29,30). The summed E-state index contributed by atoms with van der Waals surface area (Å²) in [6.07, 6.45) is 14.7. The second-order valence-electron chi connectivity index (χ2n) is 11.9. The van der Waals surface area contributed by atoms with Crippen LogP contribution in [-0.2, 0) is 14.3 Å². The fourth-order valence-corrected chi connectivity index (χ4v) is 6.53. The van der Waals surface area contributed by atoms with Crippen LogP contribution < -0.4 is 0 Å². The largest absolute Gasteiger partial charge is 0.481 e. The zero-order valence-electron chi connectivity index (χ0n) is 21.5. The van der Waals surface area contributed by atoms with Crippen molar-refractivity contribution in [3.8, 4) is 0 Å². The number of aliphatic carboxylic acids is 1. The molecule has 6 unspecified atom stereocenters. The zero-order valence-corrected chi connectivity index (χ0v) is 21.5. The summed E-state index contributed by atoms with van der Waals surface area (Å²) in [5.41, 5.74) is 0.305. The molecule has 2 aliphatic carbocycles. The third kappa shape index (κ3) is 7.76. The maximum absolute atomic E-state index is 12.8. The molecule has 4 nitrogen and oxygen atoms in total. The van der Waals surface area contributed by atoms with E-state index in [1.807, 2.05) is 0 Å². The number of carboxylic acids is 1. The molecule has 0 aromatic heterocycles. The molecule has 0 saturated heterocycles. The molecule has 0 amide bonds. The Balaban J connectivity index is 1.92. The average Bonchev–Trinajstić information content (AvgIpc) is 2.75. The average molecular weight is 451 g/mol. The van der Waals surface area contributed by atoms with Gasteiger partial charge in [-0.05, 0) is 61.2 Å². The number of unbranched alkanes of at least 4 members (excludes halogenated alkanes) is 5. The molecular weight excluding hydrogens is 400 g/mol. The summed E-state index contributed by atoms with van der Waals surface area (Å²) in [5, 5.41) is 9.50. The van der Waals surface area contributed by atoms with Crippen LogP contribution in [0.1, 0.15) is 118 Å². The van der Waals surface area contributed by atoms with Gasteiger partial charge in [0.15, 0.2) is 0 Å². The molecule has 0 bridgehead atoms. The summed E-state index contributed by atoms with van der Waals surface area (Å²) in [5.74, 6) is 0.203. The number of carbonyl (C=O) groups is 2.